The largest absolute Gasteiger partial charge is 0.497 e. The summed E-state index contributed by atoms with van der Waals surface area (Å²) in [5.41, 5.74) is 1.10. The number of carbonyl (C=O) groups is 1. The van der Waals surface area contributed by atoms with Gasteiger partial charge in [-0.15, -0.1) is 0 Å². The second kappa shape index (κ2) is 9.64. The molecule has 0 saturated heterocycles. The summed E-state index contributed by atoms with van der Waals surface area (Å²) >= 11 is 0. The van der Waals surface area contributed by atoms with Gasteiger partial charge in [0.2, 0.25) is 5.91 Å². The number of carbonyl (C=O) groups excluding carboxylic acids is 1. The Labute approximate surface area is 184 Å². The predicted molar refractivity (Wildman–Crippen MR) is 118 cm³/mol. The molecule has 1 atom stereocenters. The Morgan fingerprint density at radius 3 is 2.25 bits per heavy atom. The van der Waals surface area contributed by atoms with Crippen LogP contribution in [0.25, 0.3) is 11.1 Å². The molecule has 0 spiro atoms. The van der Waals surface area contributed by atoms with Gasteiger partial charge in [-0.1, -0.05) is 24.3 Å². The summed E-state index contributed by atoms with van der Waals surface area (Å²) in [5.74, 6) is 0.756. The Hall–Kier alpha value is -3.68. The number of hydrogen-bond donors (Lipinski definition) is 2. The fraction of sp³-hybridized carbons (Fsp3) is 0.208. The van der Waals surface area contributed by atoms with E-state index in [4.69, 9.17) is 9.47 Å². The lowest BCUT2D eigenvalue weighted by Gasteiger charge is -2.19. The van der Waals surface area contributed by atoms with Crippen molar-refractivity contribution in [1.29, 1.82) is 0 Å². The molecule has 0 radical (unpaired) electrons. The fourth-order valence-corrected chi connectivity index (χ4v) is 3.19. The molecular formula is C24H23F3N2O3. The van der Waals surface area contributed by atoms with Crippen LogP contribution in [0.2, 0.25) is 0 Å². The SMILES string of the molecule is COc1ccc(-c2cc(N[C@@H](C)C(=O)Nc3ccccc3C(F)(F)F)ccc2OC)cc1. The van der Waals surface area contributed by atoms with Crippen molar-refractivity contribution in [2.75, 3.05) is 24.9 Å². The number of rotatable bonds is 7. The minimum Gasteiger partial charge on any atom is -0.497 e. The summed E-state index contributed by atoms with van der Waals surface area (Å²) in [6.45, 7) is 1.57. The van der Waals surface area contributed by atoms with E-state index < -0.39 is 23.7 Å². The van der Waals surface area contributed by atoms with Crippen LogP contribution in [0.15, 0.2) is 66.7 Å². The lowest BCUT2D eigenvalue weighted by molar-refractivity contribution is -0.137. The number of anilines is 2. The van der Waals surface area contributed by atoms with Gasteiger partial charge in [-0.05, 0) is 55.0 Å². The normalized spacial score (nSPS) is 12.1. The molecule has 1 amide bonds. The number of nitrogens with one attached hydrogen (secondary N) is 2. The average molecular weight is 444 g/mol. The van der Waals surface area contributed by atoms with Gasteiger partial charge in [0, 0.05) is 11.3 Å². The van der Waals surface area contributed by atoms with Gasteiger partial charge in [-0.3, -0.25) is 4.79 Å². The molecule has 2 N–H and O–H groups in total. The molecule has 0 aliphatic rings. The van der Waals surface area contributed by atoms with E-state index in [0.29, 0.717) is 17.2 Å². The molecule has 0 unspecified atom stereocenters. The first-order valence-corrected chi connectivity index (χ1v) is 9.79. The van der Waals surface area contributed by atoms with Crippen LogP contribution in [-0.2, 0) is 11.0 Å². The molecule has 0 aliphatic heterocycles. The molecule has 0 fully saturated rings. The van der Waals surface area contributed by atoms with Crippen molar-refractivity contribution >= 4 is 17.3 Å². The summed E-state index contributed by atoms with van der Waals surface area (Å²) in [5, 5.41) is 5.39. The zero-order valence-electron chi connectivity index (χ0n) is 17.8. The van der Waals surface area contributed by atoms with Crippen LogP contribution in [0, 0.1) is 0 Å². The van der Waals surface area contributed by atoms with Crippen molar-refractivity contribution in [2.45, 2.75) is 19.1 Å². The Kier molecular flexibility index (Phi) is 6.92. The first-order chi connectivity index (χ1) is 15.2. The standard InChI is InChI=1S/C24H23F3N2O3/c1-15(23(30)29-21-7-5-4-6-20(21)24(25,26)27)28-17-10-13-22(32-3)19(14-17)16-8-11-18(31-2)12-9-16/h4-15,28H,1-3H3,(H,29,30)/t15-/m0/s1. The van der Waals surface area contributed by atoms with E-state index in [9.17, 15) is 18.0 Å². The van der Waals surface area contributed by atoms with Crippen molar-refractivity contribution in [2.24, 2.45) is 0 Å². The fourth-order valence-electron chi connectivity index (χ4n) is 3.19. The van der Waals surface area contributed by atoms with Crippen molar-refractivity contribution < 1.29 is 27.4 Å². The topological polar surface area (TPSA) is 59.6 Å². The summed E-state index contributed by atoms with van der Waals surface area (Å²) in [7, 11) is 3.14. The van der Waals surface area contributed by atoms with Gasteiger partial charge >= 0.3 is 6.18 Å². The molecule has 0 bridgehead atoms. The minimum atomic E-state index is -4.57. The van der Waals surface area contributed by atoms with E-state index in [1.54, 1.807) is 33.3 Å². The van der Waals surface area contributed by atoms with E-state index >= 15 is 0 Å². The molecule has 168 valence electrons. The molecule has 0 aliphatic carbocycles. The van der Waals surface area contributed by atoms with Crippen molar-refractivity contribution in [3.63, 3.8) is 0 Å². The van der Waals surface area contributed by atoms with Crippen LogP contribution in [0.4, 0.5) is 24.5 Å². The third-order valence-corrected chi connectivity index (χ3v) is 4.87. The number of methoxy groups -OCH3 is 2. The first kappa shape index (κ1) is 23.0. The maximum Gasteiger partial charge on any atom is 0.418 e. The van der Waals surface area contributed by atoms with E-state index in [-0.39, 0.29) is 5.69 Å². The number of halogens is 3. The minimum absolute atomic E-state index is 0.285. The quantitative estimate of drug-likeness (QED) is 0.482. The summed E-state index contributed by atoms with van der Waals surface area (Å²) in [6, 6.07) is 16.8. The third-order valence-electron chi connectivity index (χ3n) is 4.87. The lowest BCUT2D eigenvalue weighted by atomic mass is 10.0. The number of ether oxygens (including phenoxy) is 2. The summed E-state index contributed by atoms with van der Waals surface area (Å²) < 4.78 is 50.2. The van der Waals surface area contributed by atoms with Crippen LogP contribution in [0.5, 0.6) is 11.5 Å². The second-order valence-electron chi connectivity index (χ2n) is 7.04. The van der Waals surface area contributed by atoms with Crippen molar-refractivity contribution in [3.8, 4) is 22.6 Å². The van der Waals surface area contributed by atoms with Crippen LogP contribution < -0.4 is 20.1 Å². The van der Waals surface area contributed by atoms with E-state index in [1.807, 2.05) is 30.3 Å². The molecule has 0 saturated carbocycles. The van der Waals surface area contributed by atoms with Gasteiger partial charge in [0.15, 0.2) is 0 Å². The van der Waals surface area contributed by atoms with E-state index in [0.717, 1.165) is 17.2 Å². The molecule has 8 heteroatoms. The summed E-state index contributed by atoms with van der Waals surface area (Å²) in [4.78, 5) is 12.6. The molecule has 0 aromatic heterocycles. The van der Waals surface area contributed by atoms with Gasteiger partial charge < -0.3 is 20.1 Å². The zero-order valence-corrected chi connectivity index (χ0v) is 17.8. The Bertz CT molecular complexity index is 1080. The van der Waals surface area contributed by atoms with Crippen LogP contribution in [0.3, 0.4) is 0 Å². The monoisotopic (exact) mass is 444 g/mol. The molecule has 32 heavy (non-hydrogen) atoms. The first-order valence-electron chi connectivity index (χ1n) is 9.79. The molecule has 5 nitrogen and oxygen atoms in total. The van der Waals surface area contributed by atoms with E-state index in [2.05, 4.69) is 10.6 Å². The predicted octanol–water partition coefficient (Wildman–Crippen LogP) is 5.83. The summed E-state index contributed by atoms with van der Waals surface area (Å²) in [6.07, 6.45) is -4.57. The smallest absolute Gasteiger partial charge is 0.418 e. The van der Waals surface area contributed by atoms with Gasteiger partial charge in [0.05, 0.1) is 25.5 Å². The van der Waals surface area contributed by atoms with Crippen LogP contribution in [0.1, 0.15) is 12.5 Å². The molecule has 0 heterocycles. The van der Waals surface area contributed by atoms with Crippen LogP contribution >= 0.6 is 0 Å². The molecular weight excluding hydrogens is 421 g/mol. The zero-order chi connectivity index (χ0) is 23.3. The number of benzene rings is 3. The number of hydrogen-bond acceptors (Lipinski definition) is 4. The Morgan fingerprint density at radius 1 is 0.938 bits per heavy atom. The Balaban J connectivity index is 1.79. The lowest BCUT2D eigenvalue weighted by Crippen LogP contribution is -2.32. The number of para-hydroxylation sites is 1. The Morgan fingerprint density at radius 2 is 1.62 bits per heavy atom. The highest BCUT2D eigenvalue weighted by atomic mass is 19.4. The van der Waals surface area contributed by atoms with Gasteiger partial charge in [0.1, 0.15) is 17.5 Å². The molecule has 3 aromatic rings. The highest BCUT2D eigenvalue weighted by Gasteiger charge is 2.33. The van der Waals surface area contributed by atoms with Gasteiger partial charge in [0.25, 0.3) is 0 Å². The average Bonchev–Trinajstić information content (AvgIpc) is 2.78. The maximum absolute atomic E-state index is 13.2. The second-order valence-corrected chi connectivity index (χ2v) is 7.04. The molecule has 3 rings (SSSR count). The maximum atomic E-state index is 13.2. The highest BCUT2D eigenvalue weighted by Crippen LogP contribution is 2.35. The number of amides is 1. The van der Waals surface area contributed by atoms with Crippen molar-refractivity contribution in [3.05, 3.63) is 72.3 Å². The van der Waals surface area contributed by atoms with E-state index in [1.165, 1.54) is 18.2 Å². The van der Waals surface area contributed by atoms with Gasteiger partial charge in [-0.25, -0.2) is 0 Å². The van der Waals surface area contributed by atoms with Crippen molar-refractivity contribution in [1.82, 2.24) is 0 Å². The van der Waals surface area contributed by atoms with Crippen LogP contribution in [-0.4, -0.2) is 26.2 Å². The third kappa shape index (κ3) is 5.32. The molecule has 3 aromatic carbocycles. The number of alkyl halides is 3. The van der Waals surface area contributed by atoms with Gasteiger partial charge in [-0.2, -0.15) is 13.2 Å². The highest BCUT2D eigenvalue weighted by molar-refractivity contribution is 5.97.